The van der Waals surface area contributed by atoms with Crippen molar-refractivity contribution >= 4 is 52.2 Å². The minimum absolute atomic E-state index is 0.159. The monoisotopic (exact) mass is 476 g/mol. The molecule has 1 aromatic carbocycles. The molecule has 3 aliphatic rings. The first-order chi connectivity index (χ1) is 15.4. The van der Waals surface area contributed by atoms with Crippen molar-refractivity contribution in [2.45, 2.75) is 31.0 Å². The van der Waals surface area contributed by atoms with E-state index in [1.54, 1.807) is 23.1 Å². The topological polar surface area (TPSA) is 114 Å². The van der Waals surface area contributed by atoms with E-state index in [1.165, 1.54) is 11.3 Å². The molecule has 0 saturated carbocycles. The van der Waals surface area contributed by atoms with Crippen LogP contribution in [-0.4, -0.2) is 55.8 Å². The highest BCUT2D eigenvalue weighted by molar-refractivity contribution is 7.18. The van der Waals surface area contributed by atoms with Crippen LogP contribution in [0.3, 0.4) is 0 Å². The number of anilines is 2. The summed E-state index contributed by atoms with van der Waals surface area (Å²) in [6.07, 6.45) is 0.574. The van der Waals surface area contributed by atoms with Crippen LogP contribution >= 0.6 is 22.9 Å². The first-order valence-corrected chi connectivity index (χ1v) is 11.5. The van der Waals surface area contributed by atoms with Gasteiger partial charge in [-0.3, -0.25) is 14.5 Å². The van der Waals surface area contributed by atoms with Crippen LogP contribution < -0.4 is 25.6 Å². The molecule has 3 aliphatic heterocycles. The predicted octanol–water partition coefficient (Wildman–Crippen LogP) is 2.37. The molecule has 2 saturated heterocycles. The maximum atomic E-state index is 12.6. The number of fused-ring (bicyclic) bond motifs is 3. The first-order valence-electron chi connectivity index (χ1n) is 10.3. The maximum absolute atomic E-state index is 12.6. The largest absolute Gasteiger partial charge is 0.489 e. The summed E-state index contributed by atoms with van der Waals surface area (Å²) in [5.41, 5.74) is 6.97. The molecular weight excluding hydrogens is 456 g/mol. The van der Waals surface area contributed by atoms with Crippen molar-refractivity contribution in [3.63, 3.8) is 0 Å². The number of rotatable bonds is 5. The number of primary amides is 1. The Balaban J connectivity index is 1.31. The van der Waals surface area contributed by atoms with Gasteiger partial charge < -0.3 is 25.4 Å². The lowest BCUT2D eigenvalue weighted by Crippen LogP contribution is -2.48. The molecule has 168 valence electrons. The molecule has 0 aliphatic carbocycles. The Kier molecular flexibility index (Phi) is 5.34. The summed E-state index contributed by atoms with van der Waals surface area (Å²) in [5.74, 6) is -0.0736. The number of thiophene rings is 1. The predicted molar refractivity (Wildman–Crippen MR) is 120 cm³/mol. The molecule has 0 unspecified atom stereocenters. The Morgan fingerprint density at radius 3 is 2.88 bits per heavy atom. The van der Waals surface area contributed by atoms with E-state index in [1.807, 2.05) is 17.0 Å². The summed E-state index contributed by atoms with van der Waals surface area (Å²) in [4.78, 5) is 40.7. The van der Waals surface area contributed by atoms with Crippen molar-refractivity contribution in [2.24, 2.45) is 5.73 Å². The Labute approximate surface area is 193 Å². The number of nitrogens with zero attached hydrogens (tertiary/aromatic N) is 2. The molecule has 11 heteroatoms. The van der Waals surface area contributed by atoms with Gasteiger partial charge in [-0.1, -0.05) is 11.6 Å². The van der Waals surface area contributed by atoms with Crippen LogP contribution in [0.2, 0.25) is 4.34 Å². The third-order valence-electron chi connectivity index (χ3n) is 6.00. The summed E-state index contributed by atoms with van der Waals surface area (Å²) in [6, 6.07) is 8.08. The lowest BCUT2D eigenvalue weighted by molar-refractivity contribution is -0.119. The summed E-state index contributed by atoms with van der Waals surface area (Å²) < 4.78 is 12.0. The highest BCUT2D eigenvalue weighted by Crippen LogP contribution is 2.41. The summed E-state index contributed by atoms with van der Waals surface area (Å²) >= 11 is 7.07. The molecule has 32 heavy (non-hydrogen) atoms. The van der Waals surface area contributed by atoms with E-state index in [-0.39, 0.29) is 37.0 Å². The highest BCUT2D eigenvalue weighted by atomic mass is 35.5. The Morgan fingerprint density at radius 1 is 1.28 bits per heavy atom. The Hall–Kier alpha value is -2.98. The molecule has 9 nitrogen and oxygen atoms in total. The number of hydrogen-bond donors (Lipinski definition) is 2. The molecule has 3 atom stereocenters. The number of ether oxygens (including phenoxy) is 2. The van der Waals surface area contributed by atoms with Crippen LogP contribution in [0.5, 0.6) is 5.75 Å². The van der Waals surface area contributed by atoms with Crippen molar-refractivity contribution in [3.8, 4) is 5.75 Å². The van der Waals surface area contributed by atoms with Gasteiger partial charge in [0.25, 0.3) is 5.91 Å². The van der Waals surface area contributed by atoms with E-state index in [0.717, 1.165) is 25.1 Å². The molecule has 4 heterocycles. The molecule has 0 bridgehead atoms. The van der Waals surface area contributed by atoms with Crippen molar-refractivity contribution < 1.29 is 23.9 Å². The van der Waals surface area contributed by atoms with E-state index in [4.69, 9.17) is 26.8 Å². The van der Waals surface area contributed by atoms with Gasteiger partial charge in [0, 0.05) is 18.3 Å². The summed E-state index contributed by atoms with van der Waals surface area (Å²) in [5, 5.41) is 2.80. The van der Waals surface area contributed by atoms with Crippen molar-refractivity contribution in [1.29, 1.82) is 0 Å². The molecule has 2 aromatic rings. The first kappa shape index (κ1) is 20.9. The fourth-order valence-corrected chi connectivity index (χ4v) is 5.42. The van der Waals surface area contributed by atoms with Crippen LogP contribution in [0.25, 0.3) is 0 Å². The van der Waals surface area contributed by atoms with Crippen LogP contribution in [-0.2, 0) is 9.53 Å². The van der Waals surface area contributed by atoms with Gasteiger partial charge in [0.1, 0.15) is 30.5 Å². The summed E-state index contributed by atoms with van der Waals surface area (Å²) in [7, 11) is 0. The number of cyclic esters (lactones) is 1. The second-order valence-electron chi connectivity index (χ2n) is 7.89. The van der Waals surface area contributed by atoms with Gasteiger partial charge in [0.05, 0.1) is 21.4 Å². The van der Waals surface area contributed by atoms with Crippen molar-refractivity contribution in [2.75, 3.05) is 29.5 Å². The average molecular weight is 477 g/mol. The fraction of sp³-hybridized carbons (Fsp3) is 0.381. The number of halogens is 1. The number of carbonyl (C=O) groups excluding carboxylic acids is 3. The SMILES string of the molecule is NC(=O)[C@H]1CCCN1c1ccc2c(c1)OC[C@H]1[C@H](CNC(=O)c3ccc(Cl)s3)OC(=O)N21. The standard InChI is InChI=1S/C21H21ClN4O5S/c22-18-6-5-17(32-18)20(28)24-9-16-14-10-30-15-8-11(25-7-1-2-13(25)19(23)27)3-4-12(15)26(14)21(29)31-16/h3-6,8,13-14,16H,1-2,7,9-10H2,(H2,23,27)(H,24,28)/t13-,14+,16+/m1/s1. The molecule has 2 fully saturated rings. The number of nitrogens with two attached hydrogens (primary N) is 1. The van der Waals surface area contributed by atoms with E-state index in [0.29, 0.717) is 20.7 Å². The molecule has 0 spiro atoms. The van der Waals surface area contributed by atoms with Gasteiger partial charge in [-0.2, -0.15) is 0 Å². The van der Waals surface area contributed by atoms with Gasteiger partial charge in [-0.25, -0.2) is 4.79 Å². The number of hydrogen-bond acceptors (Lipinski definition) is 7. The molecular formula is C21H21ClN4O5S. The van der Waals surface area contributed by atoms with E-state index >= 15 is 0 Å². The molecule has 1 aromatic heterocycles. The smallest absolute Gasteiger partial charge is 0.415 e. The second kappa shape index (κ2) is 8.18. The third-order valence-corrected chi connectivity index (χ3v) is 7.23. The lowest BCUT2D eigenvalue weighted by Gasteiger charge is -2.32. The van der Waals surface area contributed by atoms with Crippen LogP contribution in [0.4, 0.5) is 16.2 Å². The van der Waals surface area contributed by atoms with Crippen LogP contribution in [0.15, 0.2) is 30.3 Å². The zero-order chi connectivity index (χ0) is 22.4. The minimum atomic E-state index is -0.549. The third kappa shape index (κ3) is 3.63. The number of carbonyl (C=O) groups is 3. The number of amides is 3. The van der Waals surface area contributed by atoms with Crippen molar-refractivity contribution in [1.82, 2.24) is 5.32 Å². The molecule has 3 amide bonds. The zero-order valence-corrected chi connectivity index (χ0v) is 18.5. The quantitative estimate of drug-likeness (QED) is 0.684. The molecule has 0 radical (unpaired) electrons. The molecule has 3 N–H and O–H groups in total. The van der Waals surface area contributed by atoms with Crippen LogP contribution in [0, 0.1) is 0 Å². The fourth-order valence-electron chi connectivity index (χ4n) is 4.46. The average Bonchev–Trinajstić information content (AvgIpc) is 3.50. The van der Waals surface area contributed by atoms with Crippen molar-refractivity contribution in [3.05, 3.63) is 39.5 Å². The van der Waals surface area contributed by atoms with Gasteiger partial charge in [-0.15, -0.1) is 11.3 Å². The molecule has 5 rings (SSSR count). The summed E-state index contributed by atoms with van der Waals surface area (Å²) in [6.45, 7) is 1.12. The van der Waals surface area contributed by atoms with Gasteiger partial charge in [0.2, 0.25) is 5.91 Å². The van der Waals surface area contributed by atoms with Gasteiger partial charge in [0.15, 0.2) is 0 Å². The van der Waals surface area contributed by atoms with Gasteiger partial charge in [-0.05, 0) is 37.1 Å². The lowest BCUT2D eigenvalue weighted by atomic mass is 10.1. The normalized spacial score (nSPS) is 23.9. The zero-order valence-electron chi connectivity index (χ0n) is 17.0. The maximum Gasteiger partial charge on any atom is 0.415 e. The number of benzene rings is 1. The second-order valence-corrected chi connectivity index (χ2v) is 9.61. The Bertz CT molecular complexity index is 1090. The van der Waals surface area contributed by atoms with E-state index in [9.17, 15) is 14.4 Å². The van der Waals surface area contributed by atoms with Gasteiger partial charge >= 0.3 is 6.09 Å². The highest BCUT2D eigenvalue weighted by Gasteiger charge is 2.46. The minimum Gasteiger partial charge on any atom is -0.489 e. The number of nitrogens with one attached hydrogen (secondary N) is 1. The van der Waals surface area contributed by atoms with E-state index < -0.39 is 12.2 Å². The van der Waals surface area contributed by atoms with E-state index in [2.05, 4.69) is 5.32 Å². The van der Waals surface area contributed by atoms with Crippen LogP contribution in [0.1, 0.15) is 22.5 Å². The Morgan fingerprint density at radius 2 is 2.12 bits per heavy atom.